The Morgan fingerprint density at radius 3 is 2.06 bits per heavy atom. The second-order valence-electron chi connectivity index (χ2n) is 4.86. The van der Waals surface area contributed by atoms with E-state index in [-0.39, 0.29) is 16.1 Å². The smallest absolute Gasteiger partial charge is 0.294 e. The maximum absolute atomic E-state index is 11.0. The normalized spacial score (nSPS) is 12.8. The van der Waals surface area contributed by atoms with Crippen molar-refractivity contribution in [3.63, 3.8) is 0 Å². The largest absolute Gasteiger partial charge is 0.508 e. The van der Waals surface area contributed by atoms with Crippen molar-refractivity contribution in [2.75, 3.05) is 0 Å². The average Bonchev–Trinajstić information content (AvgIpc) is 2.04. The van der Waals surface area contributed by atoms with E-state index in [1.165, 1.54) is 0 Å². The average molecular weight is 244 g/mol. The summed E-state index contributed by atoms with van der Waals surface area (Å²) in [5.74, 6) is -0.120. The molecule has 0 heterocycles. The molecule has 0 saturated carbocycles. The Hall–Kier alpha value is -1.07. The number of phenols is 1. The van der Waals surface area contributed by atoms with Gasteiger partial charge in [-0.05, 0) is 23.5 Å². The van der Waals surface area contributed by atoms with Gasteiger partial charge in [0.1, 0.15) is 10.6 Å². The molecule has 0 aliphatic carbocycles. The Balaban J connectivity index is 3.52. The second-order valence-corrected chi connectivity index (χ2v) is 6.25. The standard InChI is InChI=1S/C11H16O4S/c1-7-5-8(11(2,3)4)9(12)6-10(7)16(13,14)15/h5-6,12H,1-4H3,(H,13,14,15). The number of aryl methyl sites for hydroxylation is 1. The van der Waals surface area contributed by atoms with Gasteiger partial charge in [0.15, 0.2) is 0 Å². The van der Waals surface area contributed by atoms with Gasteiger partial charge >= 0.3 is 0 Å². The molecule has 4 nitrogen and oxygen atoms in total. The Bertz CT molecular complexity index is 510. The van der Waals surface area contributed by atoms with Crippen molar-refractivity contribution in [1.82, 2.24) is 0 Å². The minimum atomic E-state index is -4.28. The van der Waals surface area contributed by atoms with Crippen molar-refractivity contribution in [3.8, 4) is 5.75 Å². The third kappa shape index (κ3) is 2.54. The molecule has 0 amide bonds. The van der Waals surface area contributed by atoms with Crippen LogP contribution in [0.5, 0.6) is 5.75 Å². The fourth-order valence-corrected chi connectivity index (χ4v) is 2.28. The van der Waals surface area contributed by atoms with Crippen LogP contribution >= 0.6 is 0 Å². The third-order valence-corrected chi connectivity index (χ3v) is 3.37. The Labute approximate surface area is 95.7 Å². The van der Waals surface area contributed by atoms with Crippen molar-refractivity contribution in [1.29, 1.82) is 0 Å². The van der Waals surface area contributed by atoms with Gasteiger partial charge in [0, 0.05) is 6.07 Å². The maximum Gasteiger partial charge on any atom is 0.294 e. The van der Waals surface area contributed by atoms with E-state index in [1.54, 1.807) is 13.0 Å². The van der Waals surface area contributed by atoms with Gasteiger partial charge in [-0.15, -0.1) is 0 Å². The maximum atomic E-state index is 11.0. The van der Waals surface area contributed by atoms with Crippen LogP contribution < -0.4 is 0 Å². The van der Waals surface area contributed by atoms with Crippen LogP contribution in [0.15, 0.2) is 17.0 Å². The Morgan fingerprint density at radius 2 is 1.69 bits per heavy atom. The van der Waals surface area contributed by atoms with Crippen LogP contribution in [0, 0.1) is 6.92 Å². The summed E-state index contributed by atoms with van der Waals surface area (Å²) in [5, 5.41) is 9.74. The molecule has 1 rings (SSSR count). The van der Waals surface area contributed by atoms with E-state index in [1.807, 2.05) is 20.8 Å². The van der Waals surface area contributed by atoms with Crippen molar-refractivity contribution >= 4 is 10.1 Å². The molecule has 16 heavy (non-hydrogen) atoms. The van der Waals surface area contributed by atoms with Gasteiger partial charge in [0.25, 0.3) is 10.1 Å². The monoisotopic (exact) mass is 244 g/mol. The lowest BCUT2D eigenvalue weighted by Crippen LogP contribution is -2.13. The topological polar surface area (TPSA) is 74.6 Å². The molecular formula is C11H16O4S. The summed E-state index contributed by atoms with van der Waals surface area (Å²) in [7, 11) is -4.28. The van der Waals surface area contributed by atoms with E-state index >= 15 is 0 Å². The highest BCUT2D eigenvalue weighted by Crippen LogP contribution is 2.34. The molecule has 0 radical (unpaired) electrons. The highest BCUT2D eigenvalue weighted by molar-refractivity contribution is 7.85. The first kappa shape index (κ1) is 13.0. The number of hydrogen-bond donors (Lipinski definition) is 2. The second kappa shape index (κ2) is 3.75. The van der Waals surface area contributed by atoms with E-state index in [4.69, 9.17) is 4.55 Å². The molecule has 0 aliphatic rings. The van der Waals surface area contributed by atoms with Gasteiger partial charge in [-0.2, -0.15) is 8.42 Å². The van der Waals surface area contributed by atoms with Crippen molar-refractivity contribution in [3.05, 3.63) is 23.3 Å². The first-order valence-electron chi connectivity index (χ1n) is 4.85. The molecule has 2 N–H and O–H groups in total. The summed E-state index contributed by atoms with van der Waals surface area (Å²) >= 11 is 0. The molecule has 1 aromatic rings. The number of phenolic OH excluding ortho intramolecular Hbond substituents is 1. The van der Waals surface area contributed by atoms with Crippen LogP contribution in [-0.4, -0.2) is 18.1 Å². The molecule has 0 atom stereocenters. The molecule has 0 unspecified atom stereocenters. The summed E-state index contributed by atoms with van der Waals surface area (Å²) < 4.78 is 31.0. The van der Waals surface area contributed by atoms with E-state index in [2.05, 4.69) is 0 Å². The fourth-order valence-electron chi connectivity index (χ4n) is 1.56. The Kier molecular flexibility index (Phi) is 3.04. The quantitative estimate of drug-likeness (QED) is 0.743. The van der Waals surface area contributed by atoms with E-state index in [0.29, 0.717) is 11.1 Å². The zero-order valence-corrected chi connectivity index (χ0v) is 10.6. The van der Waals surface area contributed by atoms with Crippen LogP contribution in [0.2, 0.25) is 0 Å². The Morgan fingerprint density at radius 1 is 1.19 bits per heavy atom. The van der Waals surface area contributed by atoms with Crippen molar-refractivity contribution in [2.45, 2.75) is 38.0 Å². The fraction of sp³-hybridized carbons (Fsp3) is 0.455. The van der Waals surface area contributed by atoms with Gasteiger partial charge in [-0.3, -0.25) is 4.55 Å². The molecule has 0 aliphatic heterocycles. The van der Waals surface area contributed by atoms with Gasteiger partial charge < -0.3 is 5.11 Å². The minimum absolute atomic E-state index is 0.120. The van der Waals surface area contributed by atoms with E-state index in [0.717, 1.165) is 6.07 Å². The third-order valence-electron chi connectivity index (χ3n) is 2.38. The summed E-state index contributed by atoms with van der Waals surface area (Å²) in [6, 6.07) is 2.67. The molecule has 90 valence electrons. The van der Waals surface area contributed by atoms with Crippen LogP contribution in [0.25, 0.3) is 0 Å². The lowest BCUT2D eigenvalue weighted by Gasteiger charge is -2.21. The zero-order chi connectivity index (χ0) is 12.7. The molecule has 0 saturated heterocycles. The van der Waals surface area contributed by atoms with Crippen molar-refractivity contribution in [2.24, 2.45) is 0 Å². The molecule has 0 bridgehead atoms. The van der Waals surface area contributed by atoms with Crippen LogP contribution in [0.1, 0.15) is 31.9 Å². The number of benzene rings is 1. The zero-order valence-electron chi connectivity index (χ0n) is 9.77. The number of aromatic hydroxyl groups is 1. The first-order valence-corrected chi connectivity index (χ1v) is 6.29. The van der Waals surface area contributed by atoms with Gasteiger partial charge in [0.2, 0.25) is 0 Å². The lowest BCUT2D eigenvalue weighted by atomic mass is 9.85. The van der Waals surface area contributed by atoms with Gasteiger partial charge in [-0.1, -0.05) is 26.8 Å². The van der Waals surface area contributed by atoms with Gasteiger partial charge in [0.05, 0.1) is 0 Å². The predicted octanol–water partition coefficient (Wildman–Crippen LogP) is 2.24. The minimum Gasteiger partial charge on any atom is -0.508 e. The summed E-state index contributed by atoms with van der Waals surface area (Å²) in [4.78, 5) is -0.252. The summed E-state index contributed by atoms with van der Waals surface area (Å²) in [5.41, 5.74) is 0.787. The molecule has 5 heteroatoms. The summed E-state index contributed by atoms with van der Waals surface area (Å²) in [6.45, 7) is 7.32. The molecule has 1 aromatic carbocycles. The SMILES string of the molecule is Cc1cc(C(C)(C)C)c(O)cc1S(=O)(=O)O. The van der Waals surface area contributed by atoms with Crippen molar-refractivity contribution < 1.29 is 18.1 Å². The van der Waals surface area contributed by atoms with Crippen LogP contribution in [-0.2, 0) is 15.5 Å². The van der Waals surface area contributed by atoms with Gasteiger partial charge in [-0.25, -0.2) is 0 Å². The van der Waals surface area contributed by atoms with E-state index < -0.39 is 10.1 Å². The number of hydrogen-bond acceptors (Lipinski definition) is 3. The van der Waals surface area contributed by atoms with Crippen LogP contribution in [0.3, 0.4) is 0 Å². The highest BCUT2D eigenvalue weighted by atomic mass is 32.2. The summed E-state index contributed by atoms with van der Waals surface area (Å²) in [6.07, 6.45) is 0. The molecule has 0 spiro atoms. The molecule has 0 aromatic heterocycles. The van der Waals surface area contributed by atoms with E-state index in [9.17, 15) is 13.5 Å². The van der Waals surface area contributed by atoms with Crippen LogP contribution in [0.4, 0.5) is 0 Å². The number of rotatable bonds is 1. The highest BCUT2D eigenvalue weighted by Gasteiger charge is 2.22. The predicted molar refractivity (Wildman–Crippen MR) is 61.4 cm³/mol. The molecule has 0 fully saturated rings. The first-order chi connectivity index (χ1) is 7.03. The lowest BCUT2D eigenvalue weighted by molar-refractivity contribution is 0.441. The molecular weight excluding hydrogens is 228 g/mol.